The van der Waals surface area contributed by atoms with Crippen LogP contribution in [0.4, 0.5) is 13.2 Å². The number of pyridine rings is 1. The molecular weight excluding hydrogens is 507 g/mol. The number of amides is 1. The zero-order valence-electron chi connectivity index (χ0n) is 20.3. The Kier molecular flexibility index (Phi) is 7.82. The van der Waals surface area contributed by atoms with E-state index < -0.39 is 17.7 Å². The molecule has 1 amide bonds. The minimum Gasteiger partial charge on any atom is -0.481 e. The molecule has 1 saturated carbocycles. The molecule has 37 heavy (non-hydrogen) atoms. The van der Waals surface area contributed by atoms with E-state index in [1.54, 1.807) is 17.9 Å². The predicted octanol–water partition coefficient (Wildman–Crippen LogP) is 5.50. The van der Waals surface area contributed by atoms with Gasteiger partial charge in [0, 0.05) is 36.1 Å². The summed E-state index contributed by atoms with van der Waals surface area (Å²) in [6.45, 7) is 4.04. The van der Waals surface area contributed by atoms with Gasteiger partial charge in [-0.2, -0.15) is 13.2 Å². The minimum absolute atomic E-state index is 0.0288. The molecule has 2 aromatic heterocycles. The molecule has 2 heterocycles. The summed E-state index contributed by atoms with van der Waals surface area (Å²) in [7, 11) is 0. The van der Waals surface area contributed by atoms with E-state index in [0.29, 0.717) is 28.9 Å². The maximum Gasteiger partial charge on any atom is 0.416 e. The predicted molar refractivity (Wildman–Crippen MR) is 131 cm³/mol. The van der Waals surface area contributed by atoms with E-state index in [-0.39, 0.29) is 42.8 Å². The van der Waals surface area contributed by atoms with Crippen LogP contribution in [0.5, 0.6) is 5.88 Å². The van der Waals surface area contributed by atoms with Crippen LogP contribution in [-0.4, -0.2) is 38.4 Å². The molecule has 7 nitrogen and oxygen atoms in total. The minimum atomic E-state index is -4.57. The molecule has 1 N–H and O–H groups in total. The molecule has 0 bridgehead atoms. The molecule has 0 atom stereocenters. The molecule has 0 aliphatic heterocycles. The van der Waals surface area contributed by atoms with Crippen LogP contribution in [0.2, 0.25) is 0 Å². The summed E-state index contributed by atoms with van der Waals surface area (Å²) in [4.78, 5) is 34.3. The van der Waals surface area contributed by atoms with E-state index in [1.807, 2.05) is 12.3 Å². The Bertz CT molecular complexity index is 1300. The number of aromatic nitrogens is 2. The highest BCUT2D eigenvalue weighted by atomic mass is 32.1. The molecule has 0 spiro atoms. The van der Waals surface area contributed by atoms with Crippen LogP contribution in [-0.2, 0) is 35.3 Å². The third-order valence-corrected chi connectivity index (χ3v) is 6.81. The number of carboxylic acid groups (broad SMARTS) is 1. The summed E-state index contributed by atoms with van der Waals surface area (Å²) in [5.74, 6) is -1.11. The van der Waals surface area contributed by atoms with Gasteiger partial charge in [-0.05, 0) is 61.6 Å². The molecule has 1 aliphatic rings. The number of hydrogen-bond donors (Lipinski definition) is 1. The van der Waals surface area contributed by atoms with Gasteiger partial charge >= 0.3 is 12.1 Å². The monoisotopic (exact) mass is 533 g/mol. The first-order valence-corrected chi connectivity index (χ1v) is 12.7. The Labute approximate surface area is 215 Å². The van der Waals surface area contributed by atoms with Gasteiger partial charge < -0.3 is 14.7 Å². The fourth-order valence-electron chi connectivity index (χ4n) is 3.99. The van der Waals surface area contributed by atoms with Crippen LogP contribution in [0.25, 0.3) is 11.1 Å². The van der Waals surface area contributed by atoms with Crippen molar-refractivity contribution in [2.75, 3.05) is 6.54 Å². The van der Waals surface area contributed by atoms with Crippen molar-refractivity contribution in [2.24, 2.45) is 5.92 Å². The lowest BCUT2D eigenvalue weighted by atomic mass is 9.96. The van der Waals surface area contributed by atoms with Gasteiger partial charge in [-0.15, -0.1) is 11.3 Å². The van der Waals surface area contributed by atoms with Crippen LogP contribution >= 0.6 is 11.3 Å². The third-order valence-electron chi connectivity index (χ3n) is 5.99. The van der Waals surface area contributed by atoms with Crippen LogP contribution in [0.1, 0.15) is 47.2 Å². The molecule has 0 unspecified atom stereocenters. The number of carboxylic acids is 1. The largest absolute Gasteiger partial charge is 0.481 e. The number of ether oxygens (including phenoxy) is 1. The van der Waals surface area contributed by atoms with Crippen LogP contribution in [0.3, 0.4) is 0 Å². The number of hydrogen-bond acceptors (Lipinski definition) is 6. The number of rotatable bonds is 10. The van der Waals surface area contributed by atoms with Crippen molar-refractivity contribution in [2.45, 2.75) is 52.4 Å². The summed E-state index contributed by atoms with van der Waals surface area (Å²) in [5.41, 5.74) is 1.21. The number of aryl methyl sites for hydroxylation is 1. The van der Waals surface area contributed by atoms with Gasteiger partial charge in [0.05, 0.1) is 22.7 Å². The number of thiazole rings is 1. The normalized spacial score (nSPS) is 13.4. The first-order chi connectivity index (χ1) is 17.5. The highest BCUT2D eigenvalue weighted by Gasteiger charge is 2.35. The van der Waals surface area contributed by atoms with Gasteiger partial charge in [0.2, 0.25) is 11.8 Å². The number of alkyl halides is 3. The van der Waals surface area contributed by atoms with E-state index in [4.69, 9.17) is 4.74 Å². The Morgan fingerprint density at radius 1 is 1.22 bits per heavy atom. The van der Waals surface area contributed by atoms with E-state index in [2.05, 4.69) is 9.97 Å². The maximum absolute atomic E-state index is 13.6. The lowest BCUT2D eigenvalue weighted by Gasteiger charge is -2.24. The van der Waals surface area contributed by atoms with Crippen molar-refractivity contribution in [3.63, 3.8) is 0 Å². The SMILES string of the molecule is CCN(Cc1cc(C(F)(F)F)ccc1-c1cc(CC(=O)O)cnc1OCc1csc(C)n1)C(=O)C1CC1. The zero-order chi connectivity index (χ0) is 26.7. The Morgan fingerprint density at radius 2 is 1.97 bits per heavy atom. The fraction of sp³-hybridized carbons (Fsp3) is 0.385. The fourth-order valence-corrected chi connectivity index (χ4v) is 4.59. The summed E-state index contributed by atoms with van der Waals surface area (Å²) in [5, 5.41) is 12.0. The third kappa shape index (κ3) is 6.65. The topological polar surface area (TPSA) is 92.6 Å². The standard InChI is InChI=1S/C26H26F3N3O4S/c1-3-32(25(35)17-4-5-17)12-18-10-19(26(27,28)29)6-7-21(18)22-8-16(9-23(33)34)11-30-24(22)36-13-20-14-37-15(2)31-20/h6-8,10-11,14,17H,3-5,9,12-13H2,1-2H3,(H,33,34). The first-order valence-electron chi connectivity index (χ1n) is 11.8. The summed E-state index contributed by atoms with van der Waals surface area (Å²) in [6, 6.07) is 4.90. The average molecular weight is 534 g/mol. The van der Waals surface area contributed by atoms with E-state index in [9.17, 15) is 27.9 Å². The quantitative estimate of drug-likeness (QED) is 0.370. The molecule has 1 aromatic carbocycles. The van der Waals surface area contributed by atoms with Gasteiger partial charge in [0.25, 0.3) is 0 Å². The van der Waals surface area contributed by atoms with Crippen LogP contribution < -0.4 is 4.74 Å². The number of benzene rings is 1. The van der Waals surface area contributed by atoms with Crippen molar-refractivity contribution < 1.29 is 32.6 Å². The Morgan fingerprint density at radius 3 is 2.57 bits per heavy atom. The van der Waals surface area contributed by atoms with E-state index in [0.717, 1.165) is 30.0 Å². The Balaban J connectivity index is 1.78. The highest BCUT2D eigenvalue weighted by Crippen LogP contribution is 2.38. The molecular formula is C26H26F3N3O4S. The van der Waals surface area contributed by atoms with E-state index in [1.165, 1.54) is 23.6 Å². The molecule has 1 fully saturated rings. The first kappa shape index (κ1) is 26.6. The van der Waals surface area contributed by atoms with E-state index >= 15 is 0 Å². The number of carbonyl (C=O) groups excluding carboxylic acids is 1. The zero-order valence-corrected chi connectivity index (χ0v) is 21.2. The molecule has 11 heteroatoms. The van der Waals surface area contributed by atoms with Crippen molar-refractivity contribution >= 4 is 23.2 Å². The molecule has 1 aliphatic carbocycles. The number of carbonyl (C=O) groups is 2. The summed E-state index contributed by atoms with van der Waals surface area (Å²) < 4.78 is 46.8. The van der Waals surface area contributed by atoms with Gasteiger partial charge in [-0.3, -0.25) is 9.59 Å². The van der Waals surface area contributed by atoms with Crippen molar-refractivity contribution in [3.8, 4) is 17.0 Å². The van der Waals surface area contributed by atoms with Crippen molar-refractivity contribution in [3.05, 3.63) is 63.2 Å². The molecule has 196 valence electrons. The number of nitrogens with zero attached hydrogens (tertiary/aromatic N) is 3. The second-order valence-corrected chi connectivity index (χ2v) is 9.97. The summed E-state index contributed by atoms with van der Waals surface area (Å²) in [6.07, 6.45) is -1.96. The molecule has 3 aromatic rings. The van der Waals surface area contributed by atoms with Crippen molar-refractivity contribution in [1.82, 2.24) is 14.9 Å². The lowest BCUT2D eigenvalue weighted by molar-refractivity contribution is -0.138. The van der Waals surface area contributed by atoms with Crippen LogP contribution in [0.15, 0.2) is 35.8 Å². The molecule has 0 saturated heterocycles. The second-order valence-electron chi connectivity index (χ2n) is 8.91. The molecule has 4 rings (SSSR count). The van der Waals surface area contributed by atoms with Gasteiger partial charge in [0.15, 0.2) is 0 Å². The van der Waals surface area contributed by atoms with Gasteiger partial charge in [-0.25, -0.2) is 9.97 Å². The Hall–Kier alpha value is -3.47. The second kappa shape index (κ2) is 10.9. The van der Waals surface area contributed by atoms with Gasteiger partial charge in [0.1, 0.15) is 6.61 Å². The average Bonchev–Trinajstić information content (AvgIpc) is 3.61. The number of halogens is 3. The van der Waals surface area contributed by atoms with Crippen molar-refractivity contribution in [1.29, 1.82) is 0 Å². The number of aliphatic carboxylic acids is 1. The maximum atomic E-state index is 13.6. The molecule has 0 radical (unpaired) electrons. The lowest BCUT2D eigenvalue weighted by Crippen LogP contribution is -2.31. The van der Waals surface area contributed by atoms with Crippen LogP contribution in [0, 0.1) is 12.8 Å². The summed E-state index contributed by atoms with van der Waals surface area (Å²) >= 11 is 1.45. The smallest absolute Gasteiger partial charge is 0.416 e. The van der Waals surface area contributed by atoms with Gasteiger partial charge in [-0.1, -0.05) is 6.07 Å². The highest BCUT2D eigenvalue weighted by molar-refractivity contribution is 7.09.